The van der Waals surface area contributed by atoms with Gasteiger partial charge in [-0.15, -0.1) is 0 Å². The Morgan fingerprint density at radius 1 is 1.36 bits per heavy atom. The summed E-state index contributed by atoms with van der Waals surface area (Å²) in [5.74, 6) is 0. The SMILES string of the molecule is CC[N+]1=C(C)c2ccccc2C[C@@H]1C. The van der Waals surface area contributed by atoms with Crippen molar-refractivity contribution < 1.29 is 4.58 Å². The lowest BCUT2D eigenvalue weighted by atomic mass is 9.94. The predicted molar refractivity (Wildman–Crippen MR) is 60.2 cm³/mol. The quantitative estimate of drug-likeness (QED) is 0.596. The van der Waals surface area contributed by atoms with Crippen molar-refractivity contribution in [3.05, 3.63) is 35.4 Å². The molecule has 1 aromatic rings. The molecule has 0 saturated carbocycles. The third kappa shape index (κ3) is 1.37. The molecule has 0 bridgehead atoms. The molecule has 14 heavy (non-hydrogen) atoms. The Labute approximate surface area is 86.1 Å². The van der Waals surface area contributed by atoms with Gasteiger partial charge in [0.2, 0.25) is 0 Å². The van der Waals surface area contributed by atoms with E-state index in [1.165, 1.54) is 23.3 Å². The maximum Gasteiger partial charge on any atom is 0.180 e. The zero-order valence-corrected chi connectivity index (χ0v) is 9.25. The van der Waals surface area contributed by atoms with Crippen molar-refractivity contribution in [2.45, 2.75) is 33.2 Å². The van der Waals surface area contributed by atoms with Crippen LogP contribution in [0.15, 0.2) is 24.3 Å². The minimum Gasteiger partial charge on any atom is -0.231 e. The van der Waals surface area contributed by atoms with E-state index in [4.69, 9.17) is 0 Å². The first-order valence-electron chi connectivity index (χ1n) is 5.42. The second kappa shape index (κ2) is 3.56. The van der Waals surface area contributed by atoms with Crippen molar-refractivity contribution in [3.8, 4) is 0 Å². The van der Waals surface area contributed by atoms with Crippen molar-refractivity contribution >= 4 is 5.71 Å². The van der Waals surface area contributed by atoms with Crippen LogP contribution >= 0.6 is 0 Å². The molecule has 0 saturated heterocycles. The van der Waals surface area contributed by atoms with Crippen LogP contribution in [0, 0.1) is 0 Å². The summed E-state index contributed by atoms with van der Waals surface area (Å²) >= 11 is 0. The first kappa shape index (κ1) is 9.45. The Kier molecular flexibility index (Phi) is 2.40. The van der Waals surface area contributed by atoms with Crippen LogP contribution in [-0.4, -0.2) is 22.9 Å². The molecule has 0 unspecified atom stereocenters. The minimum absolute atomic E-state index is 0.648. The maximum absolute atomic E-state index is 2.49. The summed E-state index contributed by atoms with van der Waals surface area (Å²) in [4.78, 5) is 0. The average molecular weight is 188 g/mol. The normalized spacial score (nSPS) is 20.9. The van der Waals surface area contributed by atoms with E-state index in [1.807, 2.05) is 0 Å². The smallest absolute Gasteiger partial charge is 0.180 e. The van der Waals surface area contributed by atoms with E-state index in [1.54, 1.807) is 0 Å². The van der Waals surface area contributed by atoms with Crippen molar-refractivity contribution in [3.63, 3.8) is 0 Å². The predicted octanol–water partition coefficient (Wildman–Crippen LogP) is 2.47. The maximum atomic E-state index is 2.49. The van der Waals surface area contributed by atoms with Crippen LogP contribution in [0.3, 0.4) is 0 Å². The number of benzene rings is 1. The van der Waals surface area contributed by atoms with Gasteiger partial charge in [-0.25, -0.2) is 4.58 Å². The molecule has 0 N–H and O–H groups in total. The molecule has 1 atom stereocenters. The van der Waals surface area contributed by atoms with Gasteiger partial charge < -0.3 is 0 Å². The van der Waals surface area contributed by atoms with Crippen LogP contribution < -0.4 is 0 Å². The van der Waals surface area contributed by atoms with Gasteiger partial charge in [-0.05, 0) is 25.5 Å². The average Bonchev–Trinajstić information content (AvgIpc) is 2.18. The largest absolute Gasteiger partial charge is 0.231 e. The molecule has 1 aliphatic rings. The molecule has 0 aromatic heterocycles. The third-order valence-corrected chi connectivity index (χ3v) is 3.23. The van der Waals surface area contributed by atoms with E-state index in [0.29, 0.717) is 6.04 Å². The van der Waals surface area contributed by atoms with Gasteiger partial charge >= 0.3 is 0 Å². The zero-order chi connectivity index (χ0) is 10.1. The van der Waals surface area contributed by atoms with E-state index in [-0.39, 0.29) is 0 Å². The fourth-order valence-electron chi connectivity index (χ4n) is 2.51. The van der Waals surface area contributed by atoms with E-state index in [0.717, 1.165) is 6.54 Å². The van der Waals surface area contributed by atoms with Crippen LogP contribution in [0.5, 0.6) is 0 Å². The molecule has 1 heteroatoms. The van der Waals surface area contributed by atoms with Gasteiger partial charge in [0.05, 0.1) is 0 Å². The van der Waals surface area contributed by atoms with Gasteiger partial charge in [-0.3, -0.25) is 0 Å². The van der Waals surface area contributed by atoms with Crippen molar-refractivity contribution in [1.29, 1.82) is 0 Å². The summed E-state index contributed by atoms with van der Waals surface area (Å²) in [6.07, 6.45) is 1.18. The lowest BCUT2D eigenvalue weighted by Gasteiger charge is -2.21. The van der Waals surface area contributed by atoms with Gasteiger partial charge in [-0.1, -0.05) is 18.2 Å². The monoisotopic (exact) mass is 188 g/mol. The molecule has 2 rings (SSSR count). The molecular formula is C13H18N+. The zero-order valence-electron chi connectivity index (χ0n) is 9.25. The molecule has 1 aliphatic heterocycles. The number of likely N-dealkylation sites (N-methyl/N-ethyl adjacent to an activating group) is 1. The lowest BCUT2D eigenvalue weighted by molar-refractivity contribution is -0.560. The summed E-state index contributed by atoms with van der Waals surface area (Å²) in [6.45, 7) is 7.89. The summed E-state index contributed by atoms with van der Waals surface area (Å²) in [6, 6.07) is 9.41. The highest BCUT2D eigenvalue weighted by Crippen LogP contribution is 2.18. The van der Waals surface area contributed by atoms with E-state index >= 15 is 0 Å². The van der Waals surface area contributed by atoms with Crippen LogP contribution in [-0.2, 0) is 6.42 Å². The lowest BCUT2D eigenvalue weighted by Crippen LogP contribution is -2.35. The Bertz CT molecular complexity index is 377. The van der Waals surface area contributed by atoms with Gasteiger partial charge in [0.25, 0.3) is 0 Å². The van der Waals surface area contributed by atoms with Crippen LogP contribution in [0.1, 0.15) is 31.9 Å². The summed E-state index contributed by atoms with van der Waals surface area (Å²) in [5.41, 5.74) is 4.37. The van der Waals surface area contributed by atoms with E-state index in [9.17, 15) is 0 Å². The summed E-state index contributed by atoms with van der Waals surface area (Å²) < 4.78 is 2.49. The van der Waals surface area contributed by atoms with Crippen molar-refractivity contribution in [1.82, 2.24) is 0 Å². The first-order valence-corrected chi connectivity index (χ1v) is 5.42. The van der Waals surface area contributed by atoms with Gasteiger partial charge in [0, 0.05) is 18.9 Å². The highest BCUT2D eigenvalue weighted by atomic mass is 15.0. The molecule has 0 radical (unpaired) electrons. The van der Waals surface area contributed by atoms with Gasteiger partial charge in [0.1, 0.15) is 6.54 Å². The number of nitrogens with zero attached hydrogens (tertiary/aromatic N) is 1. The summed E-state index contributed by atoms with van der Waals surface area (Å²) in [5, 5.41) is 0. The Hall–Kier alpha value is -1.11. The van der Waals surface area contributed by atoms with E-state index in [2.05, 4.69) is 49.6 Å². The topological polar surface area (TPSA) is 3.01 Å². The molecule has 1 heterocycles. The minimum atomic E-state index is 0.648. The fraction of sp³-hybridized carbons (Fsp3) is 0.462. The third-order valence-electron chi connectivity index (χ3n) is 3.23. The second-order valence-corrected chi connectivity index (χ2v) is 4.08. The van der Waals surface area contributed by atoms with Crippen molar-refractivity contribution in [2.24, 2.45) is 0 Å². The van der Waals surface area contributed by atoms with Crippen LogP contribution in [0.25, 0.3) is 0 Å². The standard InChI is InChI=1S/C13H18N/c1-4-14-10(2)9-12-7-5-6-8-13(12)11(14)3/h5-8,10H,4,9H2,1-3H3/q+1/t10-/m0/s1. The molecule has 1 nitrogen and oxygen atoms in total. The number of fused-ring (bicyclic) bond motifs is 1. The Balaban J connectivity index is 2.56. The summed E-state index contributed by atoms with van der Waals surface area (Å²) in [7, 11) is 0. The molecule has 0 amide bonds. The molecular weight excluding hydrogens is 170 g/mol. The molecule has 0 aliphatic carbocycles. The van der Waals surface area contributed by atoms with Gasteiger partial charge in [-0.2, -0.15) is 0 Å². The van der Waals surface area contributed by atoms with Crippen LogP contribution in [0.4, 0.5) is 0 Å². The second-order valence-electron chi connectivity index (χ2n) is 4.08. The van der Waals surface area contributed by atoms with Crippen molar-refractivity contribution in [2.75, 3.05) is 6.54 Å². The Morgan fingerprint density at radius 3 is 2.79 bits per heavy atom. The van der Waals surface area contributed by atoms with Gasteiger partial charge in [0.15, 0.2) is 11.8 Å². The molecule has 74 valence electrons. The number of rotatable bonds is 1. The highest BCUT2D eigenvalue weighted by molar-refractivity contribution is 5.96. The van der Waals surface area contributed by atoms with E-state index < -0.39 is 0 Å². The highest BCUT2D eigenvalue weighted by Gasteiger charge is 2.26. The molecule has 0 spiro atoms. The fourth-order valence-corrected chi connectivity index (χ4v) is 2.51. The number of hydrogen-bond donors (Lipinski definition) is 0. The number of hydrogen-bond acceptors (Lipinski definition) is 0. The first-order chi connectivity index (χ1) is 6.74. The van der Waals surface area contributed by atoms with Crippen LogP contribution in [0.2, 0.25) is 0 Å². The Morgan fingerprint density at radius 2 is 2.07 bits per heavy atom. The molecule has 0 fully saturated rings. The molecule has 1 aromatic carbocycles.